The standard InChI is InChI=1S/C20H34N2O.C8H6ClN/c1-7-16(3)15-20(8-2)11-13-22(14-12-20)17(4)9-10-19(21-6)18(5)23;1-6-2-3-7(5-10)8(9)4-6/h9-10,16H,4,7-8,11-15H2,1-3,5-6H3;2-4H,1H3/b10-9-,21-19?;. The average Bonchev–Trinajstić information content (AvgIpc) is 2.80. The molecule has 0 radical (unpaired) electrons. The molecule has 4 nitrogen and oxygen atoms in total. The van der Waals surface area contributed by atoms with Crippen molar-refractivity contribution in [3.63, 3.8) is 0 Å². The fourth-order valence-corrected chi connectivity index (χ4v) is 4.47. The summed E-state index contributed by atoms with van der Waals surface area (Å²) < 4.78 is 0. The topological polar surface area (TPSA) is 56.5 Å². The van der Waals surface area contributed by atoms with E-state index < -0.39 is 0 Å². The van der Waals surface area contributed by atoms with E-state index in [1.807, 2.05) is 25.1 Å². The zero-order chi connectivity index (χ0) is 25.0. The van der Waals surface area contributed by atoms with Crippen LogP contribution in [0.2, 0.25) is 5.02 Å². The van der Waals surface area contributed by atoms with Gasteiger partial charge in [0.05, 0.1) is 16.3 Å². The summed E-state index contributed by atoms with van der Waals surface area (Å²) in [5, 5.41) is 9.00. The summed E-state index contributed by atoms with van der Waals surface area (Å²) in [7, 11) is 1.65. The fraction of sp³-hybridized carbons (Fsp3) is 0.536. The predicted octanol–water partition coefficient (Wildman–Crippen LogP) is 7.16. The molecule has 5 heteroatoms. The number of likely N-dealkylation sites (tertiary alicyclic amines) is 1. The molecule has 0 N–H and O–H groups in total. The van der Waals surface area contributed by atoms with Crippen LogP contribution in [0.25, 0.3) is 0 Å². The van der Waals surface area contributed by atoms with Gasteiger partial charge in [0.1, 0.15) is 6.07 Å². The number of hydrogen-bond donors (Lipinski definition) is 0. The molecule has 1 aliphatic heterocycles. The second kappa shape index (κ2) is 14.0. The Hall–Kier alpha value is -2.38. The van der Waals surface area contributed by atoms with Gasteiger partial charge in [-0.3, -0.25) is 9.79 Å². The maximum atomic E-state index is 11.4. The van der Waals surface area contributed by atoms with Crippen LogP contribution in [0.1, 0.15) is 70.9 Å². The number of ketones is 1. The lowest BCUT2D eigenvalue weighted by atomic mass is 9.70. The first-order valence-corrected chi connectivity index (χ1v) is 12.2. The molecule has 0 amide bonds. The highest BCUT2D eigenvalue weighted by molar-refractivity contribution is 6.43. The molecule has 1 aromatic carbocycles. The van der Waals surface area contributed by atoms with Crippen LogP contribution in [0.4, 0.5) is 0 Å². The third-order valence-electron chi connectivity index (χ3n) is 6.74. The molecule has 0 saturated carbocycles. The Morgan fingerprint density at radius 3 is 2.42 bits per heavy atom. The van der Waals surface area contributed by atoms with E-state index in [9.17, 15) is 4.79 Å². The van der Waals surface area contributed by atoms with Gasteiger partial charge in [-0.15, -0.1) is 0 Å². The van der Waals surface area contributed by atoms with Crippen molar-refractivity contribution in [3.05, 3.63) is 58.8 Å². The lowest BCUT2D eigenvalue weighted by Crippen LogP contribution is -2.39. The van der Waals surface area contributed by atoms with E-state index in [1.165, 1.54) is 32.1 Å². The molecule has 0 spiro atoms. The highest BCUT2D eigenvalue weighted by atomic mass is 35.5. The molecule has 1 heterocycles. The van der Waals surface area contributed by atoms with Crippen LogP contribution in [-0.4, -0.2) is 36.5 Å². The van der Waals surface area contributed by atoms with Gasteiger partial charge in [-0.25, -0.2) is 0 Å². The summed E-state index contributed by atoms with van der Waals surface area (Å²) in [4.78, 5) is 17.7. The third kappa shape index (κ3) is 9.18. The van der Waals surface area contributed by atoms with Crippen LogP contribution in [0.15, 0.2) is 47.6 Å². The van der Waals surface area contributed by atoms with E-state index in [4.69, 9.17) is 16.9 Å². The maximum absolute atomic E-state index is 11.4. The first-order chi connectivity index (χ1) is 15.6. The molecule has 0 bridgehead atoms. The van der Waals surface area contributed by atoms with Crippen molar-refractivity contribution in [2.75, 3.05) is 20.1 Å². The van der Waals surface area contributed by atoms with E-state index in [0.29, 0.717) is 21.7 Å². The number of nitriles is 1. The fourth-order valence-electron chi connectivity index (χ4n) is 4.19. The van der Waals surface area contributed by atoms with Gasteiger partial charge in [0.2, 0.25) is 0 Å². The smallest absolute Gasteiger partial charge is 0.177 e. The van der Waals surface area contributed by atoms with Gasteiger partial charge in [0.25, 0.3) is 0 Å². The molecule has 1 aromatic rings. The van der Waals surface area contributed by atoms with Crippen molar-refractivity contribution in [1.29, 1.82) is 5.26 Å². The molecule has 1 saturated heterocycles. The van der Waals surface area contributed by atoms with Crippen LogP contribution >= 0.6 is 11.6 Å². The van der Waals surface area contributed by atoms with Crippen LogP contribution < -0.4 is 0 Å². The number of hydrogen-bond acceptors (Lipinski definition) is 4. The van der Waals surface area contributed by atoms with Gasteiger partial charge in [-0.2, -0.15) is 5.26 Å². The number of carbonyl (C=O) groups is 1. The Morgan fingerprint density at radius 1 is 1.33 bits per heavy atom. The Balaban J connectivity index is 0.000000451. The van der Waals surface area contributed by atoms with Crippen LogP contribution in [0, 0.1) is 29.6 Å². The van der Waals surface area contributed by atoms with E-state index >= 15 is 0 Å². The van der Waals surface area contributed by atoms with Crippen molar-refractivity contribution < 1.29 is 4.79 Å². The van der Waals surface area contributed by atoms with Crippen molar-refractivity contribution in [1.82, 2.24) is 4.90 Å². The molecular formula is C28H40ClN3O. The summed E-state index contributed by atoms with van der Waals surface area (Å²) >= 11 is 5.71. The Labute approximate surface area is 206 Å². The SMILES string of the molecule is C=C(/C=C\C(=NC)C(C)=O)N1CCC(CC)(CC(C)CC)CC1.Cc1ccc(C#N)c(Cl)c1. The number of aryl methyl sites for hydroxylation is 1. The van der Waals surface area contributed by atoms with E-state index in [-0.39, 0.29) is 5.78 Å². The average molecular weight is 470 g/mol. The Morgan fingerprint density at radius 2 is 1.97 bits per heavy atom. The van der Waals surface area contributed by atoms with E-state index in [1.54, 1.807) is 32.2 Å². The molecule has 0 aromatic heterocycles. The number of halogens is 1. The quantitative estimate of drug-likeness (QED) is 0.299. The van der Waals surface area contributed by atoms with Gasteiger partial charge < -0.3 is 4.90 Å². The van der Waals surface area contributed by atoms with Gasteiger partial charge in [-0.1, -0.05) is 57.9 Å². The lowest BCUT2D eigenvalue weighted by molar-refractivity contribution is -0.111. The molecule has 33 heavy (non-hydrogen) atoms. The summed E-state index contributed by atoms with van der Waals surface area (Å²) in [6.45, 7) is 16.8. The van der Waals surface area contributed by atoms with E-state index in [2.05, 4.69) is 37.2 Å². The van der Waals surface area contributed by atoms with Crippen LogP contribution in [-0.2, 0) is 4.79 Å². The zero-order valence-corrected chi connectivity index (χ0v) is 22.0. The van der Waals surface area contributed by atoms with Gasteiger partial charge in [0.15, 0.2) is 5.78 Å². The second-order valence-electron chi connectivity index (χ2n) is 9.14. The highest BCUT2D eigenvalue weighted by Gasteiger charge is 2.33. The summed E-state index contributed by atoms with van der Waals surface area (Å²) in [6, 6.07) is 7.35. The van der Waals surface area contributed by atoms with Crippen LogP contribution in [0.3, 0.4) is 0 Å². The van der Waals surface area contributed by atoms with Crippen molar-refractivity contribution in [2.45, 2.75) is 66.7 Å². The molecular weight excluding hydrogens is 430 g/mol. The van der Waals surface area contributed by atoms with Gasteiger partial charge in [0, 0.05) is 32.8 Å². The summed E-state index contributed by atoms with van der Waals surface area (Å²) in [5.74, 6) is 0.803. The van der Waals surface area contributed by atoms with Crippen LogP contribution in [0.5, 0.6) is 0 Å². The van der Waals surface area contributed by atoms with Crippen molar-refractivity contribution >= 4 is 23.1 Å². The number of benzene rings is 1. The zero-order valence-electron chi connectivity index (χ0n) is 21.2. The summed E-state index contributed by atoms with van der Waals surface area (Å²) in [5.41, 5.74) is 3.60. The number of carbonyl (C=O) groups excluding carboxylic acids is 1. The van der Waals surface area contributed by atoms with Crippen molar-refractivity contribution in [3.8, 4) is 6.07 Å². The number of allylic oxidation sites excluding steroid dienone is 2. The predicted molar refractivity (Wildman–Crippen MR) is 141 cm³/mol. The molecule has 2 rings (SSSR count). The highest BCUT2D eigenvalue weighted by Crippen LogP contribution is 2.41. The molecule has 180 valence electrons. The summed E-state index contributed by atoms with van der Waals surface area (Å²) in [6.07, 6.45) is 10.1. The Kier molecular flexibility index (Phi) is 12.2. The van der Waals surface area contributed by atoms with E-state index in [0.717, 1.165) is 30.3 Å². The van der Waals surface area contributed by atoms with Crippen molar-refractivity contribution in [2.24, 2.45) is 16.3 Å². The maximum Gasteiger partial charge on any atom is 0.177 e. The third-order valence-corrected chi connectivity index (χ3v) is 7.05. The largest absolute Gasteiger partial charge is 0.372 e. The van der Waals surface area contributed by atoms with Gasteiger partial charge >= 0.3 is 0 Å². The number of aliphatic imine (C=N–C) groups is 1. The Bertz CT molecular complexity index is 902. The van der Waals surface area contributed by atoms with Gasteiger partial charge in [-0.05, 0) is 67.4 Å². The molecule has 0 aliphatic carbocycles. The minimum absolute atomic E-state index is 0.00579. The number of Topliss-reactive ketones (excluding diaryl/α,β-unsaturated/α-hetero) is 1. The molecule has 1 fully saturated rings. The molecule has 1 aliphatic rings. The minimum Gasteiger partial charge on any atom is -0.372 e. The number of piperidine rings is 1. The number of nitrogens with zero attached hydrogens (tertiary/aromatic N) is 3. The first-order valence-electron chi connectivity index (χ1n) is 11.9. The monoisotopic (exact) mass is 469 g/mol. The number of rotatable bonds is 8. The molecule has 1 unspecified atom stereocenters. The first kappa shape index (κ1) is 28.7. The lowest BCUT2D eigenvalue weighted by Gasteiger charge is -2.44. The second-order valence-corrected chi connectivity index (χ2v) is 9.55. The molecule has 1 atom stereocenters. The normalized spacial score (nSPS) is 16.5. The minimum atomic E-state index is -0.00579.